The van der Waals surface area contributed by atoms with Crippen LogP contribution < -0.4 is 16.8 Å². The molecular weight excluding hydrogens is 424 g/mol. The topological polar surface area (TPSA) is 186 Å². The van der Waals surface area contributed by atoms with Crippen LogP contribution in [0.2, 0.25) is 0 Å². The van der Waals surface area contributed by atoms with Gasteiger partial charge in [-0.3, -0.25) is 24.4 Å². The molecule has 0 radical (unpaired) electrons. The van der Waals surface area contributed by atoms with Crippen molar-refractivity contribution in [3.63, 3.8) is 0 Å². The number of aromatic amines is 1. The molecule has 1 aromatic rings. The summed E-state index contributed by atoms with van der Waals surface area (Å²) in [4.78, 5) is 54.0. The summed E-state index contributed by atoms with van der Waals surface area (Å²) in [7, 11) is -3.05. The minimum Gasteiger partial charge on any atom is -0.374 e. The number of nitrogens with zero attached hydrogens (tertiary/aromatic N) is 1. The van der Waals surface area contributed by atoms with Crippen LogP contribution in [0.25, 0.3) is 0 Å². The Kier molecular flexibility index (Phi) is 5.65. The van der Waals surface area contributed by atoms with Gasteiger partial charge in [0.1, 0.15) is 12.2 Å². The maximum atomic E-state index is 12.1. The number of H-pyrrole nitrogens is 1. The van der Waals surface area contributed by atoms with E-state index in [1.807, 2.05) is 0 Å². The van der Waals surface area contributed by atoms with Crippen molar-refractivity contribution in [2.75, 3.05) is 7.11 Å². The van der Waals surface area contributed by atoms with E-state index in [0.717, 1.165) is 10.6 Å². The van der Waals surface area contributed by atoms with Gasteiger partial charge in [0, 0.05) is 25.3 Å². The lowest BCUT2D eigenvalue weighted by Gasteiger charge is -2.25. The number of rotatable bonds is 6. The Morgan fingerprint density at radius 1 is 1.37 bits per heavy atom. The summed E-state index contributed by atoms with van der Waals surface area (Å²) < 4.78 is 29.1. The molecular formula is C12H19N3O9P2S. The van der Waals surface area contributed by atoms with E-state index in [4.69, 9.17) is 31.3 Å². The average Bonchev–Trinajstić information content (AvgIpc) is 3.24. The van der Waals surface area contributed by atoms with Crippen LogP contribution in [0.1, 0.15) is 12.6 Å². The predicted molar refractivity (Wildman–Crippen MR) is 95.5 cm³/mol. The lowest BCUT2D eigenvalue weighted by molar-refractivity contribution is -0.0570. The quantitative estimate of drug-likeness (QED) is 0.325. The van der Waals surface area contributed by atoms with Gasteiger partial charge in [0.05, 0.1) is 11.8 Å². The van der Waals surface area contributed by atoms with Crippen molar-refractivity contribution < 1.29 is 33.2 Å². The highest BCUT2D eigenvalue weighted by Crippen LogP contribution is 2.62. The predicted octanol–water partition coefficient (Wildman–Crippen LogP) is -1.42. The van der Waals surface area contributed by atoms with Crippen LogP contribution in [-0.2, 0) is 30.4 Å². The molecule has 2 heterocycles. The minimum atomic E-state index is -4.35. The van der Waals surface area contributed by atoms with Crippen molar-refractivity contribution in [2.45, 2.75) is 36.6 Å². The van der Waals surface area contributed by atoms with Crippen LogP contribution in [0.4, 0.5) is 0 Å². The van der Waals surface area contributed by atoms with Crippen LogP contribution in [0.15, 0.2) is 21.9 Å². The number of nitrogens with two attached hydrogens (primary N) is 1. The third kappa shape index (κ3) is 4.48. The summed E-state index contributed by atoms with van der Waals surface area (Å²) in [6.07, 6.45) is -2.71. The summed E-state index contributed by atoms with van der Waals surface area (Å²) >= 11 is 4.72. The van der Waals surface area contributed by atoms with Gasteiger partial charge in [-0.25, -0.2) is 4.79 Å². The maximum Gasteiger partial charge on any atom is 0.330 e. The molecule has 2 aliphatic rings. The molecule has 152 valence electrons. The van der Waals surface area contributed by atoms with Crippen LogP contribution >= 0.6 is 14.2 Å². The van der Waals surface area contributed by atoms with Crippen LogP contribution in [0, 0.1) is 5.92 Å². The fourth-order valence-corrected chi connectivity index (χ4v) is 5.42. The zero-order chi connectivity index (χ0) is 20.1. The van der Waals surface area contributed by atoms with E-state index in [0.29, 0.717) is 0 Å². The van der Waals surface area contributed by atoms with Gasteiger partial charge >= 0.3 is 13.3 Å². The Balaban J connectivity index is 1.97. The van der Waals surface area contributed by atoms with Crippen molar-refractivity contribution in [3.05, 3.63) is 33.1 Å². The van der Waals surface area contributed by atoms with E-state index in [-0.39, 0.29) is 6.42 Å². The summed E-state index contributed by atoms with van der Waals surface area (Å²) in [5, 5.41) is 0. The molecule has 0 amide bonds. The Bertz CT molecular complexity index is 923. The highest BCUT2D eigenvalue weighted by atomic mass is 32.5. The lowest BCUT2D eigenvalue weighted by atomic mass is 10.1. The zero-order valence-corrected chi connectivity index (χ0v) is 16.5. The van der Waals surface area contributed by atoms with Crippen LogP contribution in [0.3, 0.4) is 0 Å². The second kappa shape index (κ2) is 7.27. The lowest BCUT2D eigenvalue weighted by Crippen LogP contribution is -2.40. The molecule has 1 saturated carbocycles. The minimum absolute atomic E-state index is 0.164. The molecule has 6 N–H and O–H groups in total. The van der Waals surface area contributed by atoms with E-state index in [1.54, 1.807) is 0 Å². The van der Waals surface area contributed by atoms with Gasteiger partial charge in [-0.1, -0.05) is 0 Å². The van der Waals surface area contributed by atoms with Crippen molar-refractivity contribution >= 4 is 26.0 Å². The molecule has 7 atom stereocenters. The van der Waals surface area contributed by atoms with E-state index in [1.165, 1.54) is 13.3 Å². The van der Waals surface area contributed by atoms with Gasteiger partial charge in [0.15, 0.2) is 6.23 Å². The maximum absolute atomic E-state index is 12.1. The first-order valence-corrected chi connectivity index (χ1v) is 12.2. The van der Waals surface area contributed by atoms with E-state index < -0.39 is 61.6 Å². The fourth-order valence-electron chi connectivity index (χ4n) is 3.35. The Morgan fingerprint density at radius 3 is 2.52 bits per heavy atom. The number of nitrogens with one attached hydrogen (secondary N) is 1. The summed E-state index contributed by atoms with van der Waals surface area (Å²) in [6.45, 7) is -3.68. The van der Waals surface area contributed by atoms with E-state index in [9.17, 15) is 28.8 Å². The van der Waals surface area contributed by atoms with Crippen molar-refractivity contribution in [2.24, 2.45) is 11.4 Å². The monoisotopic (exact) mass is 443 g/mol. The van der Waals surface area contributed by atoms with Crippen molar-refractivity contribution in [1.29, 1.82) is 0 Å². The first kappa shape index (κ1) is 21.0. The van der Waals surface area contributed by atoms with E-state index >= 15 is 0 Å². The first-order valence-electron chi connectivity index (χ1n) is 7.77. The average molecular weight is 443 g/mol. The molecule has 0 spiro atoms. The van der Waals surface area contributed by atoms with Crippen LogP contribution in [0.5, 0.6) is 0 Å². The summed E-state index contributed by atoms with van der Waals surface area (Å²) in [5.74, 6) is -0.599. The van der Waals surface area contributed by atoms with Gasteiger partial charge in [0.2, 0.25) is 0 Å². The summed E-state index contributed by atoms with van der Waals surface area (Å²) in [5.41, 5.74) is 3.13. The number of hydrogen-bond donors (Lipinski definition) is 5. The molecule has 1 aliphatic heterocycles. The molecule has 0 bridgehead atoms. The van der Waals surface area contributed by atoms with Gasteiger partial charge < -0.3 is 28.7 Å². The van der Waals surface area contributed by atoms with Crippen molar-refractivity contribution in [1.82, 2.24) is 9.55 Å². The molecule has 12 nitrogen and oxygen atoms in total. The first-order chi connectivity index (χ1) is 12.4. The van der Waals surface area contributed by atoms with Gasteiger partial charge in [-0.05, 0) is 18.2 Å². The number of methoxy groups -OCH3 is 1. The highest BCUT2D eigenvalue weighted by Gasteiger charge is 2.61. The zero-order valence-electron chi connectivity index (χ0n) is 13.9. The third-order valence-electron chi connectivity index (χ3n) is 4.55. The normalized spacial score (nSPS) is 35.7. The molecule has 7 unspecified atom stereocenters. The SMILES string of the molecule is COC1C(OP(N)(O)=S)C(C2CC2P(=O)(O)O)OC1n1ccc(=O)[nH]c1=O. The molecule has 0 aromatic carbocycles. The molecule has 1 saturated heterocycles. The van der Waals surface area contributed by atoms with Gasteiger partial charge in [-0.2, -0.15) is 0 Å². The number of hydrogen-bond acceptors (Lipinski definition) is 7. The highest BCUT2D eigenvalue weighted by molar-refractivity contribution is 8.08. The van der Waals surface area contributed by atoms with Gasteiger partial charge in [0.25, 0.3) is 12.2 Å². The molecule has 2 fully saturated rings. The molecule has 15 heteroatoms. The number of ether oxygens (including phenoxy) is 2. The smallest absolute Gasteiger partial charge is 0.330 e. The Labute approximate surface area is 157 Å². The third-order valence-corrected chi connectivity index (χ3v) is 6.82. The standard InChI is InChI=1S/C12H19N3O9P2S/c1-22-10-9(24-26(13,21)27)8(5-4-6(5)25(18,19)20)23-11(10)15-3-2-7(16)14-12(15)17/h2-3,5-6,8-11H,4H2,1H3,(H3,13,21,27)(H,14,16,17)(H2,18,19,20). The molecule has 1 aliphatic carbocycles. The Morgan fingerprint density at radius 2 is 2.04 bits per heavy atom. The molecule has 27 heavy (non-hydrogen) atoms. The molecule has 1 aromatic heterocycles. The van der Waals surface area contributed by atoms with Crippen LogP contribution in [-0.4, -0.2) is 55.3 Å². The second-order valence-electron chi connectivity index (χ2n) is 6.40. The Hall–Kier alpha value is -0.720. The van der Waals surface area contributed by atoms with Gasteiger partial charge in [-0.15, -0.1) is 0 Å². The largest absolute Gasteiger partial charge is 0.374 e. The fraction of sp³-hybridized carbons (Fsp3) is 0.667. The summed E-state index contributed by atoms with van der Waals surface area (Å²) in [6, 6.07) is 1.11. The van der Waals surface area contributed by atoms with Crippen molar-refractivity contribution in [3.8, 4) is 0 Å². The second-order valence-corrected chi connectivity index (χ2v) is 11.1. The van der Waals surface area contributed by atoms with E-state index in [2.05, 4.69) is 4.98 Å². The molecule has 3 rings (SSSR count). The number of aromatic nitrogens is 2.